The van der Waals surface area contributed by atoms with E-state index in [-0.39, 0.29) is 23.6 Å². The van der Waals surface area contributed by atoms with Gasteiger partial charge in [-0.05, 0) is 18.6 Å². The topological polar surface area (TPSA) is 103 Å². The number of ether oxygens (including phenoxy) is 1. The van der Waals surface area contributed by atoms with Crippen LogP contribution in [0.1, 0.15) is 55.2 Å². The van der Waals surface area contributed by atoms with E-state index in [1.54, 1.807) is 45.0 Å². The minimum absolute atomic E-state index is 0.160. The van der Waals surface area contributed by atoms with Crippen LogP contribution < -0.4 is 10.9 Å². The number of nitrogens with one attached hydrogen (secondary N) is 1. The fourth-order valence-electron chi connectivity index (χ4n) is 2.58. The lowest BCUT2D eigenvalue weighted by Gasteiger charge is -2.19. The van der Waals surface area contributed by atoms with Gasteiger partial charge in [-0.2, -0.15) is 9.61 Å². The molecule has 1 aromatic carbocycles. The van der Waals surface area contributed by atoms with Crippen molar-refractivity contribution in [3.05, 3.63) is 57.0 Å². The van der Waals surface area contributed by atoms with Crippen molar-refractivity contribution in [1.82, 2.24) is 14.6 Å². The van der Waals surface area contributed by atoms with Gasteiger partial charge >= 0.3 is 5.97 Å². The lowest BCUT2D eigenvalue weighted by molar-refractivity contribution is -0.123. The average molecular weight is 429 g/mol. The Kier molecular flexibility index (Phi) is 6.31. The minimum Gasteiger partial charge on any atom is -0.456 e. The molecule has 0 bridgehead atoms. The van der Waals surface area contributed by atoms with Crippen molar-refractivity contribution in [3.8, 4) is 0 Å². The van der Waals surface area contributed by atoms with Crippen molar-refractivity contribution in [3.63, 3.8) is 0 Å². The Balaban J connectivity index is 1.76. The second kappa shape index (κ2) is 8.74. The molecule has 30 heavy (non-hydrogen) atoms. The summed E-state index contributed by atoms with van der Waals surface area (Å²) >= 11 is 1.35. The largest absolute Gasteiger partial charge is 0.456 e. The third-order valence-corrected chi connectivity index (χ3v) is 5.20. The van der Waals surface area contributed by atoms with Gasteiger partial charge in [0.2, 0.25) is 10.9 Å². The van der Waals surface area contributed by atoms with Gasteiger partial charge in [0.05, 0.1) is 16.9 Å². The highest BCUT2D eigenvalue weighted by Crippen LogP contribution is 2.21. The summed E-state index contributed by atoms with van der Waals surface area (Å²) in [4.78, 5) is 42.0. The number of anilines is 1. The fraction of sp³-hybridized carbons (Fsp3) is 0.381. The van der Waals surface area contributed by atoms with E-state index in [2.05, 4.69) is 15.4 Å². The molecule has 0 aliphatic carbocycles. The van der Waals surface area contributed by atoms with Gasteiger partial charge in [-0.1, -0.05) is 51.2 Å². The second-order valence-electron chi connectivity index (χ2n) is 7.85. The molecule has 0 aliphatic rings. The first-order valence-electron chi connectivity index (χ1n) is 9.65. The average Bonchev–Trinajstić information content (AvgIpc) is 3.09. The number of aromatic nitrogens is 3. The van der Waals surface area contributed by atoms with E-state index >= 15 is 0 Å². The Morgan fingerprint density at radius 1 is 1.23 bits per heavy atom. The predicted octanol–water partition coefficient (Wildman–Crippen LogP) is 3.45. The van der Waals surface area contributed by atoms with Gasteiger partial charge < -0.3 is 10.1 Å². The highest BCUT2D eigenvalue weighted by atomic mass is 32.1. The molecule has 2 heterocycles. The van der Waals surface area contributed by atoms with Crippen molar-refractivity contribution < 1.29 is 14.3 Å². The number of carbonyl (C=O) groups excluding carboxylic acids is 2. The summed E-state index contributed by atoms with van der Waals surface area (Å²) in [6.45, 7) is 7.24. The zero-order valence-corrected chi connectivity index (χ0v) is 18.2. The van der Waals surface area contributed by atoms with Gasteiger partial charge in [-0.3, -0.25) is 9.59 Å². The number of para-hydroxylation sites is 1. The number of benzene rings is 1. The van der Waals surface area contributed by atoms with Gasteiger partial charge in [0.25, 0.3) is 5.56 Å². The Labute approximate surface area is 177 Å². The monoisotopic (exact) mass is 428 g/mol. The van der Waals surface area contributed by atoms with Crippen LogP contribution in [0.15, 0.2) is 35.1 Å². The van der Waals surface area contributed by atoms with E-state index < -0.39 is 11.4 Å². The lowest BCUT2D eigenvalue weighted by Crippen LogP contribution is -2.28. The standard InChI is InChI=1S/C21H24N4O4S/c1-5-8-16-24-25-17(26)11-13(22-20(25)30-16)12-29-18(27)14-9-6-7-10-15(14)23-19(28)21(2,3)4/h6-7,9-11H,5,8,12H2,1-4H3,(H,23,28). The molecule has 0 atom stereocenters. The molecular weight excluding hydrogens is 404 g/mol. The van der Waals surface area contributed by atoms with Crippen molar-refractivity contribution in [1.29, 1.82) is 0 Å². The molecule has 9 heteroatoms. The minimum atomic E-state index is -0.613. The SMILES string of the molecule is CCCc1nn2c(=O)cc(COC(=O)c3ccccc3NC(=O)C(C)(C)C)nc2s1. The highest BCUT2D eigenvalue weighted by molar-refractivity contribution is 7.16. The number of aryl methyl sites for hydroxylation is 1. The first-order chi connectivity index (χ1) is 14.2. The maximum atomic E-state index is 12.6. The van der Waals surface area contributed by atoms with Gasteiger partial charge in [-0.15, -0.1) is 0 Å². The normalized spacial score (nSPS) is 11.5. The number of rotatable bonds is 6. The van der Waals surface area contributed by atoms with Crippen LogP contribution in [-0.4, -0.2) is 26.5 Å². The molecule has 158 valence electrons. The molecule has 0 radical (unpaired) electrons. The summed E-state index contributed by atoms with van der Waals surface area (Å²) < 4.78 is 6.63. The molecule has 2 aromatic heterocycles. The number of carbonyl (C=O) groups is 2. The molecule has 0 fully saturated rings. The van der Waals surface area contributed by atoms with Crippen molar-refractivity contribution in [2.75, 3.05) is 5.32 Å². The third kappa shape index (κ3) is 4.91. The third-order valence-electron chi connectivity index (χ3n) is 4.23. The molecular formula is C21H24N4O4S. The van der Waals surface area contributed by atoms with Crippen LogP contribution in [0.2, 0.25) is 0 Å². The van der Waals surface area contributed by atoms with E-state index in [9.17, 15) is 14.4 Å². The summed E-state index contributed by atoms with van der Waals surface area (Å²) in [7, 11) is 0. The molecule has 0 saturated heterocycles. The molecule has 8 nitrogen and oxygen atoms in total. The van der Waals surface area contributed by atoms with Gasteiger partial charge in [0, 0.05) is 17.9 Å². The van der Waals surface area contributed by atoms with Crippen molar-refractivity contribution in [2.24, 2.45) is 5.41 Å². The van der Waals surface area contributed by atoms with Crippen LogP contribution in [0.25, 0.3) is 4.96 Å². The maximum absolute atomic E-state index is 12.6. The number of fused-ring (bicyclic) bond motifs is 1. The Morgan fingerprint density at radius 3 is 2.67 bits per heavy atom. The molecule has 3 rings (SSSR count). The molecule has 3 aromatic rings. The van der Waals surface area contributed by atoms with Crippen LogP contribution in [0, 0.1) is 5.41 Å². The summed E-state index contributed by atoms with van der Waals surface area (Å²) in [6.07, 6.45) is 1.69. The van der Waals surface area contributed by atoms with Crippen LogP contribution in [0.4, 0.5) is 5.69 Å². The summed E-state index contributed by atoms with van der Waals surface area (Å²) in [5, 5.41) is 7.85. The van der Waals surface area contributed by atoms with E-state index in [1.807, 2.05) is 6.92 Å². The van der Waals surface area contributed by atoms with Gasteiger partial charge in [0.1, 0.15) is 11.6 Å². The Morgan fingerprint density at radius 2 is 1.97 bits per heavy atom. The first kappa shape index (κ1) is 21.6. The van der Waals surface area contributed by atoms with E-state index in [0.717, 1.165) is 17.8 Å². The quantitative estimate of drug-likeness (QED) is 0.603. The van der Waals surface area contributed by atoms with Crippen molar-refractivity contribution >= 4 is 33.9 Å². The van der Waals surface area contributed by atoms with Crippen LogP contribution >= 0.6 is 11.3 Å². The summed E-state index contributed by atoms with van der Waals surface area (Å²) in [6, 6.07) is 7.94. The molecule has 0 saturated carbocycles. The van der Waals surface area contributed by atoms with Gasteiger partial charge in [-0.25, -0.2) is 9.78 Å². The Hall–Kier alpha value is -3.07. The van der Waals surface area contributed by atoms with E-state index in [0.29, 0.717) is 16.3 Å². The van der Waals surface area contributed by atoms with Crippen molar-refractivity contribution in [2.45, 2.75) is 47.1 Å². The number of hydrogen-bond donors (Lipinski definition) is 1. The zero-order valence-electron chi connectivity index (χ0n) is 17.4. The fourth-order valence-corrected chi connectivity index (χ4v) is 3.60. The molecule has 1 amide bonds. The maximum Gasteiger partial charge on any atom is 0.340 e. The first-order valence-corrected chi connectivity index (χ1v) is 10.5. The highest BCUT2D eigenvalue weighted by Gasteiger charge is 2.23. The summed E-state index contributed by atoms with van der Waals surface area (Å²) in [5.74, 6) is -0.825. The van der Waals surface area contributed by atoms with E-state index in [1.165, 1.54) is 21.9 Å². The molecule has 0 unspecified atom stereocenters. The van der Waals surface area contributed by atoms with E-state index in [4.69, 9.17) is 4.74 Å². The number of nitrogens with zero attached hydrogens (tertiary/aromatic N) is 3. The predicted molar refractivity (Wildman–Crippen MR) is 115 cm³/mol. The second-order valence-corrected chi connectivity index (χ2v) is 8.89. The number of hydrogen-bond acceptors (Lipinski definition) is 7. The zero-order chi connectivity index (χ0) is 21.9. The van der Waals surface area contributed by atoms with Crippen LogP contribution in [0.3, 0.4) is 0 Å². The molecule has 0 spiro atoms. The summed E-state index contributed by atoms with van der Waals surface area (Å²) in [5.41, 5.74) is 0.0245. The smallest absolute Gasteiger partial charge is 0.340 e. The number of amides is 1. The number of esters is 1. The Bertz CT molecular complexity index is 1140. The van der Waals surface area contributed by atoms with Crippen LogP contribution in [-0.2, 0) is 22.6 Å². The molecule has 0 aliphatic heterocycles. The lowest BCUT2D eigenvalue weighted by atomic mass is 9.95. The molecule has 1 N–H and O–H groups in total. The van der Waals surface area contributed by atoms with Gasteiger partial charge in [0.15, 0.2) is 0 Å². The van der Waals surface area contributed by atoms with Crippen LogP contribution in [0.5, 0.6) is 0 Å².